The minimum absolute atomic E-state index is 0.0206. The van der Waals surface area contributed by atoms with Crippen LogP contribution < -0.4 is 11.1 Å². The molecule has 1 fully saturated rings. The zero-order valence-electron chi connectivity index (χ0n) is 11.1. The average molecular weight is 242 g/mol. The van der Waals surface area contributed by atoms with E-state index in [-0.39, 0.29) is 23.6 Å². The molecule has 0 aliphatic heterocycles. The number of aliphatic hydroxyl groups excluding tert-OH is 1. The summed E-state index contributed by atoms with van der Waals surface area (Å²) >= 11 is 0. The molecule has 0 aromatic carbocycles. The van der Waals surface area contributed by atoms with Gasteiger partial charge < -0.3 is 16.2 Å². The lowest BCUT2D eigenvalue weighted by atomic mass is 9.91. The molecule has 0 aromatic heterocycles. The van der Waals surface area contributed by atoms with E-state index in [4.69, 9.17) is 10.8 Å². The first kappa shape index (κ1) is 14.5. The largest absolute Gasteiger partial charge is 0.396 e. The molecule has 4 nitrogen and oxygen atoms in total. The third kappa shape index (κ3) is 4.28. The summed E-state index contributed by atoms with van der Waals surface area (Å²) in [6.07, 6.45) is 5.97. The van der Waals surface area contributed by atoms with Gasteiger partial charge in [-0.2, -0.15) is 0 Å². The van der Waals surface area contributed by atoms with Gasteiger partial charge >= 0.3 is 0 Å². The van der Waals surface area contributed by atoms with E-state index in [2.05, 4.69) is 5.32 Å². The van der Waals surface area contributed by atoms with Crippen LogP contribution in [0.15, 0.2) is 0 Å². The van der Waals surface area contributed by atoms with Gasteiger partial charge in [-0.15, -0.1) is 0 Å². The van der Waals surface area contributed by atoms with Crippen molar-refractivity contribution < 1.29 is 9.90 Å². The van der Waals surface area contributed by atoms with Gasteiger partial charge in [-0.05, 0) is 32.6 Å². The molecule has 1 rings (SSSR count). The number of nitrogens with two attached hydrogens (primary N) is 1. The lowest BCUT2D eigenvalue weighted by Gasteiger charge is -2.31. The summed E-state index contributed by atoms with van der Waals surface area (Å²) < 4.78 is 0. The number of carbonyl (C=O) groups excluding carboxylic acids is 1. The van der Waals surface area contributed by atoms with Gasteiger partial charge in [-0.1, -0.05) is 19.8 Å². The van der Waals surface area contributed by atoms with E-state index in [9.17, 15) is 4.79 Å². The Balaban J connectivity index is 2.47. The van der Waals surface area contributed by atoms with Crippen LogP contribution in [-0.2, 0) is 4.79 Å². The van der Waals surface area contributed by atoms with Crippen LogP contribution in [-0.4, -0.2) is 28.7 Å². The highest BCUT2D eigenvalue weighted by atomic mass is 16.3. The summed E-state index contributed by atoms with van der Waals surface area (Å²) in [5.74, 6) is 0.0206. The molecule has 1 atom stereocenters. The predicted octanol–water partition coefficient (Wildman–Crippen LogP) is 1.32. The number of nitrogens with one attached hydrogen (secondary N) is 1. The number of aliphatic hydroxyl groups is 1. The van der Waals surface area contributed by atoms with Crippen LogP contribution in [0.4, 0.5) is 0 Å². The lowest BCUT2D eigenvalue weighted by molar-refractivity contribution is -0.124. The van der Waals surface area contributed by atoms with E-state index in [1.165, 1.54) is 0 Å². The van der Waals surface area contributed by atoms with Gasteiger partial charge in [0.25, 0.3) is 0 Å². The normalized spacial score (nSPS) is 22.1. The van der Waals surface area contributed by atoms with Crippen LogP contribution in [0.25, 0.3) is 0 Å². The Labute approximate surface area is 104 Å². The van der Waals surface area contributed by atoms with Crippen LogP contribution in [0.2, 0.25) is 0 Å². The van der Waals surface area contributed by atoms with Gasteiger partial charge in [0.2, 0.25) is 5.91 Å². The van der Waals surface area contributed by atoms with E-state index in [1.807, 2.05) is 13.8 Å². The Bertz CT molecular complexity index is 262. The average Bonchev–Trinajstić information content (AvgIpc) is 2.64. The van der Waals surface area contributed by atoms with E-state index in [1.54, 1.807) is 0 Å². The van der Waals surface area contributed by atoms with E-state index < -0.39 is 0 Å². The second-order valence-electron chi connectivity index (χ2n) is 5.68. The Morgan fingerprint density at radius 1 is 1.47 bits per heavy atom. The Morgan fingerprint density at radius 2 is 2.06 bits per heavy atom. The first-order valence-electron chi connectivity index (χ1n) is 6.64. The molecule has 0 heterocycles. The van der Waals surface area contributed by atoms with Crippen molar-refractivity contribution in [3.05, 3.63) is 0 Å². The zero-order chi connectivity index (χ0) is 12.9. The highest BCUT2D eigenvalue weighted by Gasteiger charge is 2.33. The van der Waals surface area contributed by atoms with Gasteiger partial charge in [0.15, 0.2) is 0 Å². The molecule has 1 amide bonds. The molecule has 4 N–H and O–H groups in total. The van der Waals surface area contributed by atoms with Crippen LogP contribution >= 0.6 is 0 Å². The monoisotopic (exact) mass is 242 g/mol. The van der Waals surface area contributed by atoms with Gasteiger partial charge in [0, 0.05) is 24.1 Å². The summed E-state index contributed by atoms with van der Waals surface area (Å²) in [6, 6.07) is 0. The van der Waals surface area contributed by atoms with Crippen LogP contribution in [0.1, 0.15) is 58.8 Å². The summed E-state index contributed by atoms with van der Waals surface area (Å²) in [4.78, 5) is 12.0. The van der Waals surface area contributed by atoms with Crippen molar-refractivity contribution in [3.63, 3.8) is 0 Å². The van der Waals surface area contributed by atoms with Gasteiger partial charge in [0.05, 0.1) is 0 Å². The molecule has 0 spiro atoms. The van der Waals surface area contributed by atoms with Crippen molar-refractivity contribution in [1.82, 2.24) is 5.32 Å². The minimum atomic E-state index is -0.305. The second-order valence-corrected chi connectivity index (χ2v) is 5.68. The first-order chi connectivity index (χ1) is 7.93. The standard InChI is InChI=1S/C13H26N2O2/c1-3-12(2,8-9-16)15-11(17)10-13(14)6-4-5-7-13/h16H,3-10,14H2,1-2H3,(H,15,17). The third-order valence-electron chi connectivity index (χ3n) is 4.00. The maximum Gasteiger partial charge on any atom is 0.222 e. The molecule has 1 aliphatic rings. The molecule has 0 radical (unpaired) electrons. The molecule has 0 aromatic rings. The van der Waals surface area contributed by atoms with E-state index in [0.717, 1.165) is 32.1 Å². The molecule has 1 unspecified atom stereocenters. The number of amides is 1. The van der Waals surface area contributed by atoms with Crippen molar-refractivity contribution in [1.29, 1.82) is 0 Å². The Kier molecular flexibility index (Phi) is 4.95. The molecule has 17 heavy (non-hydrogen) atoms. The van der Waals surface area contributed by atoms with Crippen molar-refractivity contribution in [2.45, 2.75) is 69.9 Å². The molecule has 1 saturated carbocycles. The topological polar surface area (TPSA) is 75.3 Å². The summed E-state index contributed by atoms with van der Waals surface area (Å²) in [5.41, 5.74) is 5.59. The molecular formula is C13H26N2O2. The fourth-order valence-corrected chi connectivity index (χ4v) is 2.53. The highest BCUT2D eigenvalue weighted by Crippen LogP contribution is 2.30. The van der Waals surface area contributed by atoms with Crippen molar-refractivity contribution in [3.8, 4) is 0 Å². The number of carbonyl (C=O) groups is 1. The summed E-state index contributed by atoms with van der Waals surface area (Å²) in [5, 5.41) is 12.0. The number of hydrogen-bond donors (Lipinski definition) is 3. The highest BCUT2D eigenvalue weighted by molar-refractivity contribution is 5.78. The summed E-state index contributed by atoms with van der Waals surface area (Å²) in [6.45, 7) is 4.08. The maximum atomic E-state index is 12.0. The van der Waals surface area contributed by atoms with Gasteiger partial charge in [-0.25, -0.2) is 0 Å². The first-order valence-corrected chi connectivity index (χ1v) is 6.64. The van der Waals surface area contributed by atoms with Gasteiger partial charge in [0.1, 0.15) is 0 Å². The number of rotatable bonds is 6. The molecule has 0 saturated heterocycles. The Hall–Kier alpha value is -0.610. The third-order valence-corrected chi connectivity index (χ3v) is 4.00. The van der Waals surface area contributed by atoms with Gasteiger partial charge in [-0.3, -0.25) is 4.79 Å². The lowest BCUT2D eigenvalue weighted by Crippen LogP contribution is -2.50. The second kappa shape index (κ2) is 5.83. The quantitative estimate of drug-likeness (QED) is 0.657. The van der Waals surface area contributed by atoms with Crippen LogP contribution in [0, 0.1) is 0 Å². The van der Waals surface area contributed by atoms with E-state index in [0.29, 0.717) is 12.8 Å². The maximum absolute atomic E-state index is 12.0. The molecule has 100 valence electrons. The summed E-state index contributed by atoms with van der Waals surface area (Å²) in [7, 11) is 0. The number of hydrogen-bond acceptors (Lipinski definition) is 3. The fraction of sp³-hybridized carbons (Fsp3) is 0.923. The van der Waals surface area contributed by atoms with Crippen LogP contribution in [0.3, 0.4) is 0 Å². The molecule has 1 aliphatic carbocycles. The fourth-order valence-electron chi connectivity index (χ4n) is 2.53. The Morgan fingerprint density at radius 3 is 2.53 bits per heavy atom. The van der Waals surface area contributed by atoms with Crippen molar-refractivity contribution in [2.24, 2.45) is 5.73 Å². The molecule has 0 bridgehead atoms. The van der Waals surface area contributed by atoms with E-state index >= 15 is 0 Å². The molecule has 4 heteroatoms. The zero-order valence-corrected chi connectivity index (χ0v) is 11.1. The van der Waals surface area contributed by atoms with Crippen molar-refractivity contribution >= 4 is 5.91 Å². The smallest absolute Gasteiger partial charge is 0.222 e. The van der Waals surface area contributed by atoms with Crippen molar-refractivity contribution in [2.75, 3.05) is 6.61 Å². The SMILES string of the molecule is CCC(C)(CCO)NC(=O)CC1(N)CCCC1. The predicted molar refractivity (Wildman–Crippen MR) is 68.5 cm³/mol. The van der Waals surface area contributed by atoms with Crippen LogP contribution in [0.5, 0.6) is 0 Å². The minimum Gasteiger partial charge on any atom is -0.396 e. The molecular weight excluding hydrogens is 216 g/mol.